The lowest BCUT2D eigenvalue weighted by Crippen LogP contribution is -2.24. The molecule has 1 aliphatic carbocycles. The molecular formula is C10H15NO. The standard InChI is InChI=1S/C10H15NO/c1-2-4-10(12)9-6-3-5-8(9)7-11/h1,8-9H,3-7,11H2. The number of Topliss-reactive ketones (excluding diaryl/α,β-unsaturated/α-hetero) is 1. The fourth-order valence-electron chi connectivity index (χ4n) is 1.97. The predicted octanol–water partition coefficient (Wildman–Crippen LogP) is 0.954. The van der Waals surface area contributed by atoms with Gasteiger partial charge < -0.3 is 5.73 Å². The van der Waals surface area contributed by atoms with E-state index >= 15 is 0 Å². The van der Waals surface area contributed by atoms with Gasteiger partial charge in [-0.25, -0.2) is 0 Å². The monoisotopic (exact) mass is 165 g/mol. The maximum atomic E-state index is 11.4. The van der Waals surface area contributed by atoms with Crippen molar-refractivity contribution < 1.29 is 4.79 Å². The lowest BCUT2D eigenvalue weighted by atomic mass is 9.91. The molecule has 0 aromatic carbocycles. The average Bonchev–Trinajstić information content (AvgIpc) is 2.51. The Morgan fingerprint density at radius 3 is 2.92 bits per heavy atom. The molecule has 2 N–H and O–H groups in total. The van der Waals surface area contributed by atoms with E-state index in [2.05, 4.69) is 5.92 Å². The molecule has 2 atom stereocenters. The van der Waals surface area contributed by atoms with E-state index in [1.54, 1.807) is 0 Å². The Bertz CT molecular complexity index is 204. The Morgan fingerprint density at radius 2 is 2.33 bits per heavy atom. The SMILES string of the molecule is C#CCC(=O)C1CCCC1CN. The van der Waals surface area contributed by atoms with Crippen molar-refractivity contribution >= 4 is 5.78 Å². The Hall–Kier alpha value is -0.810. The summed E-state index contributed by atoms with van der Waals surface area (Å²) >= 11 is 0. The molecule has 2 nitrogen and oxygen atoms in total. The Kier molecular flexibility index (Phi) is 3.31. The van der Waals surface area contributed by atoms with Gasteiger partial charge in [-0.1, -0.05) is 12.3 Å². The Labute approximate surface area is 73.5 Å². The van der Waals surface area contributed by atoms with Crippen molar-refractivity contribution in [3.05, 3.63) is 0 Å². The van der Waals surface area contributed by atoms with Crippen LogP contribution in [0.25, 0.3) is 0 Å². The first-order valence-corrected chi connectivity index (χ1v) is 4.45. The molecule has 1 saturated carbocycles. The Balaban J connectivity index is 2.50. The highest BCUT2D eigenvalue weighted by Gasteiger charge is 2.30. The molecule has 1 fully saturated rings. The highest BCUT2D eigenvalue weighted by Crippen LogP contribution is 2.32. The van der Waals surface area contributed by atoms with Gasteiger partial charge >= 0.3 is 0 Å². The van der Waals surface area contributed by atoms with Crippen LogP contribution in [0.4, 0.5) is 0 Å². The average molecular weight is 165 g/mol. The van der Waals surface area contributed by atoms with Crippen LogP contribution in [0, 0.1) is 24.2 Å². The van der Waals surface area contributed by atoms with E-state index in [0.717, 1.165) is 19.3 Å². The smallest absolute Gasteiger partial charge is 0.148 e. The van der Waals surface area contributed by atoms with Crippen LogP contribution in [0.15, 0.2) is 0 Å². The van der Waals surface area contributed by atoms with Gasteiger partial charge in [0.15, 0.2) is 0 Å². The van der Waals surface area contributed by atoms with E-state index in [0.29, 0.717) is 12.5 Å². The number of carbonyl (C=O) groups excluding carboxylic acids is 1. The molecule has 1 aliphatic rings. The van der Waals surface area contributed by atoms with E-state index in [4.69, 9.17) is 12.2 Å². The minimum atomic E-state index is 0.158. The Morgan fingerprint density at radius 1 is 1.58 bits per heavy atom. The number of terminal acetylenes is 1. The normalized spacial score (nSPS) is 28.3. The van der Waals surface area contributed by atoms with Gasteiger partial charge in [0, 0.05) is 5.92 Å². The number of hydrogen-bond acceptors (Lipinski definition) is 2. The second-order valence-corrected chi connectivity index (χ2v) is 3.38. The molecule has 66 valence electrons. The summed E-state index contributed by atoms with van der Waals surface area (Å²) in [5.41, 5.74) is 5.55. The molecule has 1 rings (SSSR count). The van der Waals surface area contributed by atoms with Gasteiger partial charge in [-0.3, -0.25) is 4.79 Å². The van der Waals surface area contributed by atoms with Crippen LogP contribution in [-0.2, 0) is 4.79 Å². The van der Waals surface area contributed by atoms with Crippen molar-refractivity contribution in [2.24, 2.45) is 17.6 Å². The number of rotatable bonds is 3. The summed E-state index contributed by atoms with van der Waals surface area (Å²) in [4.78, 5) is 11.4. The van der Waals surface area contributed by atoms with E-state index in [1.807, 2.05) is 0 Å². The largest absolute Gasteiger partial charge is 0.330 e. The van der Waals surface area contributed by atoms with Crippen LogP contribution in [0.2, 0.25) is 0 Å². The third kappa shape index (κ3) is 1.86. The van der Waals surface area contributed by atoms with E-state index in [1.165, 1.54) is 0 Å². The summed E-state index contributed by atoms with van der Waals surface area (Å²) in [7, 11) is 0. The van der Waals surface area contributed by atoms with Crippen molar-refractivity contribution in [1.82, 2.24) is 0 Å². The molecule has 0 saturated heterocycles. The second kappa shape index (κ2) is 4.27. The van der Waals surface area contributed by atoms with Crippen LogP contribution < -0.4 is 5.73 Å². The summed E-state index contributed by atoms with van der Waals surface area (Å²) in [5.74, 6) is 3.16. The highest BCUT2D eigenvalue weighted by molar-refractivity contribution is 5.83. The van der Waals surface area contributed by atoms with E-state index in [-0.39, 0.29) is 18.1 Å². The summed E-state index contributed by atoms with van der Waals surface area (Å²) in [5, 5.41) is 0. The molecule has 12 heavy (non-hydrogen) atoms. The zero-order valence-electron chi connectivity index (χ0n) is 7.25. The van der Waals surface area contributed by atoms with Gasteiger partial charge in [0.05, 0.1) is 6.42 Å². The summed E-state index contributed by atoms with van der Waals surface area (Å²) in [6.07, 6.45) is 8.57. The van der Waals surface area contributed by atoms with Crippen molar-refractivity contribution in [2.45, 2.75) is 25.7 Å². The molecular weight excluding hydrogens is 150 g/mol. The van der Waals surface area contributed by atoms with Crippen LogP contribution in [0.1, 0.15) is 25.7 Å². The topological polar surface area (TPSA) is 43.1 Å². The molecule has 0 amide bonds. The maximum absolute atomic E-state index is 11.4. The zero-order valence-corrected chi connectivity index (χ0v) is 7.25. The van der Waals surface area contributed by atoms with Crippen LogP contribution in [0.5, 0.6) is 0 Å². The molecule has 2 heteroatoms. The van der Waals surface area contributed by atoms with Crippen LogP contribution in [-0.4, -0.2) is 12.3 Å². The van der Waals surface area contributed by atoms with Crippen LogP contribution >= 0.6 is 0 Å². The van der Waals surface area contributed by atoms with Gasteiger partial charge in [-0.15, -0.1) is 6.42 Å². The minimum Gasteiger partial charge on any atom is -0.330 e. The predicted molar refractivity (Wildman–Crippen MR) is 48.3 cm³/mol. The van der Waals surface area contributed by atoms with Gasteiger partial charge in [0.1, 0.15) is 5.78 Å². The molecule has 0 aliphatic heterocycles. The summed E-state index contributed by atoms with van der Waals surface area (Å²) in [6.45, 7) is 0.626. The first-order valence-electron chi connectivity index (χ1n) is 4.45. The highest BCUT2D eigenvalue weighted by atomic mass is 16.1. The lowest BCUT2D eigenvalue weighted by molar-refractivity contribution is -0.122. The van der Waals surface area contributed by atoms with Crippen molar-refractivity contribution in [3.63, 3.8) is 0 Å². The van der Waals surface area contributed by atoms with E-state index in [9.17, 15) is 4.79 Å². The van der Waals surface area contributed by atoms with Gasteiger partial charge in [0.25, 0.3) is 0 Å². The third-order valence-corrected chi connectivity index (χ3v) is 2.65. The van der Waals surface area contributed by atoms with Gasteiger partial charge in [0.2, 0.25) is 0 Å². The van der Waals surface area contributed by atoms with Crippen molar-refractivity contribution in [1.29, 1.82) is 0 Å². The van der Waals surface area contributed by atoms with Crippen molar-refractivity contribution in [2.75, 3.05) is 6.54 Å². The number of carbonyl (C=O) groups is 1. The summed E-state index contributed by atoms with van der Waals surface area (Å²) in [6, 6.07) is 0. The molecule has 2 unspecified atom stereocenters. The van der Waals surface area contributed by atoms with Crippen molar-refractivity contribution in [3.8, 4) is 12.3 Å². The molecule has 0 radical (unpaired) electrons. The first kappa shape index (κ1) is 9.28. The van der Waals surface area contributed by atoms with Gasteiger partial charge in [-0.2, -0.15) is 0 Å². The van der Waals surface area contributed by atoms with E-state index < -0.39 is 0 Å². The second-order valence-electron chi connectivity index (χ2n) is 3.38. The molecule has 0 aromatic rings. The zero-order chi connectivity index (χ0) is 8.97. The third-order valence-electron chi connectivity index (χ3n) is 2.65. The van der Waals surface area contributed by atoms with Gasteiger partial charge in [-0.05, 0) is 25.3 Å². The molecule has 0 aromatic heterocycles. The fraction of sp³-hybridized carbons (Fsp3) is 0.700. The number of hydrogen-bond donors (Lipinski definition) is 1. The molecule has 0 heterocycles. The quantitative estimate of drug-likeness (QED) is 0.633. The molecule has 0 bridgehead atoms. The molecule has 0 spiro atoms. The lowest BCUT2D eigenvalue weighted by Gasteiger charge is -2.14. The number of ketones is 1. The summed E-state index contributed by atoms with van der Waals surface area (Å²) < 4.78 is 0. The fourth-order valence-corrected chi connectivity index (χ4v) is 1.97. The first-order chi connectivity index (χ1) is 5.79. The maximum Gasteiger partial charge on any atom is 0.148 e. The van der Waals surface area contributed by atoms with Crippen LogP contribution in [0.3, 0.4) is 0 Å². The minimum absolute atomic E-state index is 0.158. The number of nitrogens with two attached hydrogens (primary N) is 1.